The van der Waals surface area contributed by atoms with E-state index in [1.54, 1.807) is 0 Å². The number of likely N-dealkylation sites (N-methyl/N-ethyl adjacent to an activating group) is 1. The fraction of sp³-hybridized carbons (Fsp3) is 0.684. The summed E-state index contributed by atoms with van der Waals surface area (Å²) in [5, 5.41) is 13.9. The fourth-order valence-corrected chi connectivity index (χ4v) is 3.40. The molecule has 0 bridgehead atoms. The van der Waals surface area contributed by atoms with Crippen molar-refractivity contribution in [2.75, 3.05) is 46.8 Å². The largest absolute Gasteiger partial charge is 0.388 e. The van der Waals surface area contributed by atoms with Crippen LogP contribution in [0, 0.1) is 5.82 Å². The second-order valence-corrected chi connectivity index (χ2v) is 7.61. The van der Waals surface area contributed by atoms with Gasteiger partial charge in [-0.3, -0.25) is 0 Å². The van der Waals surface area contributed by atoms with Gasteiger partial charge in [-0.2, -0.15) is 0 Å². The van der Waals surface area contributed by atoms with Crippen molar-refractivity contribution in [3.8, 4) is 0 Å². The van der Waals surface area contributed by atoms with Crippen molar-refractivity contribution in [2.45, 2.75) is 37.8 Å². The molecule has 1 fully saturated rings. The van der Waals surface area contributed by atoms with Crippen LogP contribution in [-0.4, -0.2) is 73.4 Å². The Kier molecular flexibility index (Phi) is 7.16. The maximum Gasteiger partial charge on any atom is 0.123 e. The molecule has 24 heavy (non-hydrogen) atoms. The normalized spacial score (nSPS) is 19.6. The molecule has 0 spiro atoms. The summed E-state index contributed by atoms with van der Waals surface area (Å²) in [6, 6.07) is 7.30. The van der Waals surface area contributed by atoms with E-state index in [1.165, 1.54) is 17.7 Å². The van der Waals surface area contributed by atoms with Crippen molar-refractivity contribution >= 4 is 0 Å². The average Bonchev–Trinajstić information content (AvgIpc) is 2.52. The van der Waals surface area contributed by atoms with Crippen LogP contribution in [0.2, 0.25) is 0 Å². The van der Waals surface area contributed by atoms with E-state index in [0.29, 0.717) is 19.1 Å². The van der Waals surface area contributed by atoms with Gasteiger partial charge < -0.3 is 20.2 Å². The van der Waals surface area contributed by atoms with Crippen LogP contribution in [0.15, 0.2) is 24.3 Å². The van der Waals surface area contributed by atoms with Gasteiger partial charge in [0.25, 0.3) is 0 Å². The van der Waals surface area contributed by atoms with Crippen LogP contribution in [-0.2, 0) is 6.42 Å². The van der Waals surface area contributed by atoms with Crippen LogP contribution in [0.1, 0.15) is 25.3 Å². The molecule has 2 N–H and O–H groups in total. The lowest BCUT2D eigenvalue weighted by molar-refractivity contribution is 0.0288. The molecular weight excluding hydrogens is 305 g/mol. The zero-order chi connectivity index (χ0) is 17.6. The molecule has 1 heterocycles. The Morgan fingerprint density at radius 3 is 2.46 bits per heavy atom. The van der Waals surface area contributed by atoms with Gasteiger partial charge in [0, 0.05) is 25.7 Å². The van der Waals surface area contributed by atoms with Crippen molar-refractivity contribution in [1.82, 2.24) is 15.1 Å². The highest BCUT2D eigenvalue weighted by Gasteiger charge is 2.24. The Balaban J connectivity index is 1.65. The summed E-state index contributed by atoms with van der Waals surface area (Å²) in [6.07, 6.45) is 3.19. The van der Waals surface area contributed by atoms with Gasteiger partial charge in [0.15, 0.2) is 0 Å². The highest BCUT2D eigenvalue weighted by atomic mass is 19.1. The van der Waals surface area contributed by atoms with Gasteiger partial charge >= 0.3 is 0 Å². The van der Waals surface area contributed by atoms with Crippen molar-refractivity contribution < 1.29 is 9.50 Å². The van der Waals surface area contributed by atoms with Gasteiger partial charge in [0.05, 0.1) is 5.60 Å². The Morgan fingerprint density at radius 2 is 1.88 bits per heavy atom. The summed E-state index contributed by atoms with van der Waals surface area (Å²) in [6.45, 7) is 6.36. The Labute approximate surface area is 145 Å². The number of aliphatic hydroxyl groups is 1. The minimum Gasteiger partial charge on any atom is -0.388 e. The number of nitrogens with zero attached hydrogens (tertiary/aromatic N) is 2. The van der Waals surface area contributed by atoms with Crippen molar-refractivity contribution in [3.05, 3.63) is 35.6 Å². The Hall–Kier alpha value is -1.01. The number of likely N-dealkylation sites (tertiary alicyclic amines) is 1. The molecule has 4 nitrogen and oxygen atoms in total. The number of hydrogen-bond acceptors (Lipinski definition) is 4. The first kappa shape index (κ1) is 19.3. The lowest BCUT2D eigenvalue weighted by Gasteiger charge is -2.35. The highest BCUT2D eigenvalue weighted by molar-refractivity contribution is 5.16. The zero-order valence-electron chi connectivity index (χ0n) is 15.3. The topological polar surface area (TPSA) is 38.7 Å². The van der Waals surface area contributed by atoms with Gasteiger partial charge in [0.2, 0.25) is 0 Å². The molecule has 0 aromatic heterocycles. The van der Waals surface area contributed by atoms with Crippen molar-refractivity contribution in [3.63, 3.8) is 0 Å². The maximum absolute atomic E-state index is 12.9. The monoisotopic (exact) mass is 337 g/mol. The molecule has 1 aliphatic rings. The van der Waals surface area contributed by atoms with E-state index in [-0.39, 0.29) is 5.82 Å². The number of nitrogens with one attached hydrogen (secondary N) is 1. The quantitative estimate of drug-likeness (QED) is 0.758. The summed E-state index contributed by atoms with van der Waals surface area (Å²) in [5.41, 5.74) is 0.500. The number of halogens is 1. The van der Waals surface area contributed by atoms with E-state index in [9.17, 15) is 9.50 Å². The van der Waals surface area contributed by atoms with Crippen LogP contribution < -0.4 is 5.32 Å². The summed E-state index contributed by atoms with van der Waals surface area (Å²) < 4.78 is 12.9. The lowest BCUT2D eigenvalue weighted by Crippen LogP contribution is -2.50. The molecule has 0 aliphatic carbocycles. The molecule has 1 aromatic rings. The van der Waals surface area contributed by atoms with E-state index < -0.39 is 5.60 Å². The molecule has 0 radical (unpaired) electrons. The zero-order valence-corrected chi connectivity index (χ0v) is 15.3. The van der Waals surface area contributed by atoms with Gasteiger partial charge in [-0.25, -0.2) is 4.39 Å². The first-order valence-corrected chi connectivity index (χ1v) is 8.91. The molecule has 2 rings (SSSR count). The number of benzene rings is 1. The molecule has 0 saturated carbocycles. The average molecular weight is 337 g/mol. The predicted octanol–water partition coefficient (Wildman–Crippen LogP) is 1.73. The molecular formula is C19H32FN3O. The van der Waals surface area contributed by atoms with Crippen LogP contribution in [0.5, 0.6) is 0 Å². The van der Waals surface area contributed by atoms with Gasteiger partial charge in [-0.15, -0.1) is 0 Å². The van der Waals surface area contributed by atoms with Crippen LogP contribution in [0.3, 0.4) is 0 Å². The third-order valence-electron chi connectivity index (χ3n) is 4.65. The SMILES string of the molecule is CN(C)CC(C)(O)CNC1CCN(CCc2ccc(F)cc2)CC1. The first-order valence-electron chi connectivity index (χ1n) is 8.91. The van der Waals surface area contributed by atoms with Gasteiger partial charge in [-0.1, -0.05) is 12.1 Å². The van der Waals surface area contributed by atoms with Gasteiger partial charge in [0.1, 0.15) is 5.82 Å². The van der Waals surface area contributed by atoms with Crippen molar-refractivity contribution in [1.29, 1.82) is 0 Å². The predicted molar refractivity (Wildman–Crippen MR) is 96.7 cm³/mol. The summed E-state index contributed by atoms with van der Waals surface area (Å²) in [7, 11) is 3.96. The minimum atomic E-state index is -0.691. The smallest absolute Gasteiger partial charge is 0.123 e. The fourth-order valence-electron chi connectivity index (χ4n) is 3.40. The Morgan fingerprint density at radius 1 is 1.25 bits per heavy atom. The molecule has 1 aliphatic heterocycles. The summed E-state index contributed by atoms with van der Waals surface area (Å²) in [4.78, 5) is 4.49. The first-order chi connectivity index (χ1) is 11.3. The van der Waals surface area contributed by atoms with Crippen LogP contribution in [0.25, 0.3) is 0 Å². The molecule has 5 heteroatoms. The summed E-state index contributed by atoms with van der Waals surface area (Å²) >= 11 is 0. The summed E-state index contributed by atoms with van der Waals surface area (Å²) in [5.74, 6) is -0.171. The molecule has 0 amide bonds. The van der Waals surface area contributed by atoms with Gasteiger partial charge in [-0.05, 0) is 71.1 Å². The van der Waals surface area contributed by atoms with Crippen LogP contribution >= 0.6 is 0 Å². The Bertz CT molecular complexity index is 482. The molecule has 1 saturated heterocycles. The molecule has 1 unspecified atom stereocenters. The van der Waals surface area contributed by atoms with E-state index in [2.05, 4.69) is 10.2 Å². The molecule has 1 atom stereocenters. The maximum atomic E-state index is 12.9. The number of piperidine rings is 1. The second-order valence-electron chi connectivity index (χ2n) is 7.61. The lowest BCUT2D eigenvalue weighted by atomic mass is 10.0. The van der Waals surface area contributed by atoms with E-state index in [4.69, 9.17) is 0 Å². The van der Waals surface area contributed by atoms with Crippen molar-refractivity contribution in [2.24, 2.45) is 0 Å². The third-order valence-corrected chi connectivity index (χ3v) is 4.65. The highest BCUT2D eigenvalue weighted by Crippen LogP contribution is 2.13. The molecule has 136 valence electrons. The third kappa shape index (κ3) is 6.85. The second kappa shape index (κ2) is 8.90. The van der Waals surface area contributed by atoms with Crippen LogP contribution in [0.4, 0.5) is 4.39 Å². The molecule has 1 aromatic carbocycles. The standard InChI is InChI=1S/C19H32FN3O/c1-19(24,15-22(2)3)14-21-18-9-12-23(13-10-18)11-8-16-4-6-17(20)7-5-16/h4-7,18,21,24H,8-15H2,1-3H3. The van der Waals surface area contributed by atoms with E-state index in [1.807, 2.05) is 38.1 Å². The number of hydrogen-bond donors (Lipinski definition) is 2. The van der Waals surface area contributed by atoms with E-state index >= 15 is 0 Å². The van der Waals surface area contributed by atoms with E-state index in [0.717, 1.165) is 38.9 Å². The number of rotatable bonds is 8. The minimum absolute atomic E-state index is 0.171.